The van der Waals surface area contributed by atoms with E-state index in [2.05, 4.69) is 20.8 Å². The molecule has 15 heavy (non-hydrogen) atoms. The summed E-state index contributed by atoms with van der Waals surface area (Å²) < 4.78 is 0. The van der Waals surface area contributed by atoms with E-state index in [1.165, 1.54) is 16.8 Å². The topological polar surface area (TPSA) is 104 Å². The fourth-order valence-electron chi connectivity index (χ4n) is 0.897. The van der Waals surface area contributed by atoms with Crippen LogP contribution in [0.15, 0.2) is 5.51 Å². The van der Waals surface area contributed by atoms with Crippen LogP contribution in [0.2, 0.25) is 0 Å². The van der Waals surface area contributed by atoms with Gasteiger partial charge < -0.3 is 10.4 Å². The van der Waals surface area contributed by atoms with Gasteiger partial charge in [0.15, 0.2) is 0 Å². The van der Waals surface area contributed by atoms with Gasteiger partial charge in [-0.3, -0.25) is 10.1 Å². The molecule has 0 aliphatic carbocycles. The summed E-state index contributed by atoms with van der Waals surface area (Å²) in [6.45, 7) is 1.60. The standard InChI is InChI=1S/C7H10N4O3S/c1-4(2-5(12)13)9-6(14)10-7-11-8-3-15-7/h3-4H,2H2,1H3,(H,12,13)(H2,9,10,11,14). The van der Waals surface area contributed by atoms with Gasteiger partial charge in [0.1, 0.15) is 5.51 Å². The Morgan fingerprint density at radius 2 is 2.40 bits per heavy atom. The Morgan fingerprint density at radius 3 is 2.93 bits per heavy atom. The number of aliphatic carboxylic acids is 1. The number of hydrogen-bond acceptors (Lipinski definition) is 5. The molecule has 0 radical (unpaired) electrons. The Kier molecular flexibility index (Phi) is 3.98. The van der Waals surface area contributed by atoms with Gasteiger partial charge in [-0.25, -0.2) is 4.79 Å². The summed E-state index contributed by atoms with van der Waals surface area (Å²) in [6.07, 6.45) is -0.121. The maximum atomic E-state index is 11.2. The van der Waals surface area contributed by atoms with Gasteiger partial charge in [0.25, 0.3) is 0 Å². The van der Waals surface area contributed by atoms with E-state index in [4.69, 9.17) is 5.11 Å². The highest BCUT2D eigenvalue weighted by Gasteiger charge is 2.11. The number of carboxylic acid groups (broad SMARTS) is 1. The minimum absolute atomic E-state index is 0.121. The van der Waals surface area contributed by atoms with Crippen LogP contribution in [0.1, 0.15) is 13.3 Å². The minimum atomic E-state index is -0.960. The van der Waals surface area contributed by atoms with E-state index in [1.807, 2.05) is 0 Å². The van der Waals surface area contributed by atoms with E-state index in [9.17, 15) is 9.59 Å². The third-order valence-electron chi connectivity index (χ3n) is 1.44. The molecule has 2 amide bonds. The number of carbonyl (C=O) groups is 2. The van der Waals surface area contributed by atoms with Crippen LogP contribution in [0.25, 0.3) is 0 Å². The molecule has 7 nitrogen and oxygen atoms in total. The first kappa shape index (κ1) is 11.4. The number of rotatable bonds is 4. The number of amides is 2. The lowest BCUT2D eigenvalue weighted by Crippen LogP contribution is -2.37. The smallest absolute Gasteiger partial charge is 0.321 e. The second-order valence-electron chi connectivity index (χ2n) is 2.84. The van der Waals surface area contributed by atoms with Gasteiger partial charge in [0, 0.05) is 6.04 Å². The second-order valence-corrected chi connectivity index (χ2v) is 3.67. The van der Waals surface area contributed by atoms with E-state index in [0.29, 0.717) is 5.13 Å². The maximum Gasteiger partial charge on any atom is 0.321 e. The molecule has 3 N–H and O–H groups in total. The molecule has 1 rings (SSSR count). The highest BCUT2D eigenvalue weighted by Crippen LogP contribution is 2.07. The van der Waals surface area contributed by atoms with Crippen molar-refractivity contribution >= 4 is 28.5 Å². The van der Waals surface area contributed by atoms with Crippen molar-refractivity contribution in [2.24, 2.45) is 0 Å². The quantitative estimate of drug-likeness (QED) is 0.699. The molecular formula is C7H10N4O3S. The first-order chi connectivity index (χ1) is 7.08. The lowest BCUT2D eigenvalue weighted by molar-refractivity contribution is -0.137. The van der Waals surface area contributed by atoms with Gasteiger partial charge in [0.2, 0.25) is 5.13 Å². The van der Waals surface area contributed by atoms with Crippen LogP contribution in [0.4, 0.5) is 9.93 Å². The SMILES string of the molecule is CC(CC(=O)O)NC(=O)Nc1nncs1. The highest BCUT2D eigenvalue weighted by molar-refractivity contribution is 7.13. The number of carbonyl (C=O) groups excluding carboxylic acids is 1. The summed E-state index contributed by atoms with van der Waals surface area (Å²) in [5, 5.41) is 20.9. The van der Waals surface area contributed by atoms with Gasteiger partial charge in [-0.2, -0.15) is 0 Å². The number of carboxylic acids is 1. The molecular weight excluding hydrogens is 220 g/mol. The molecule has 0 aliphatic heterocycles. The van der Waals surface area contributed by atoms with Crippen LogP contribution >= 0.6 is 11.3 Å². The van der Waals surface area contributed by atoms with Crippen LogP contribution in [0, 0.1) is 0 Å². The number of anilines is 1. The Morgan fingerprint density at radius 1 is 1.67 bits per heavy atom. The second kappa shape index (κ2) is 5.25. The number of nitrogens with one attached hydrogen (secondary N) is 2. The summed E-state index contributed by atoms with van der Waals surface area (Å²) in [6, 6.07) is -0.920. The van der Waals surface area contributed by atoms with Crippen LogP contribution < -0.4 is 10.6 Å². The number of hydrogen-bond donors (Lipinski definition) is 3. The third-order valence-corrected chi connectivity index (χ3v) is 2.05. The van der Waals surface area contributed by atoms with Crippen molar-refractivity contribution in [2.45, 2.75) is 19.4 Å². The van der Waals surface area contributed by atoms with Crippen LogP contribution in [-0.4, -0.2) is 33.3 Å². The van der Waals surface area contributed by atoms with E-state index in [-0.39, 0.29) is 6.42 Å². The maximum absolute atomic E-state index is 11.2. The molecule has 8 heteroatoms. The fourth-order valence-corrected chi connectivity index (χ4v) is 1.34. The summed E-state index contributed by atoms with van der Waals surface area (Å²) in [7, 11) is 0. The molecule has 1 aromatic rings. The Hall–Kier alpha value is -1.70. The molecule has 0 spiro atoms. The Labute approximate surface area is 89.5 Å². The monoisotopic (exact) mass is 230 g/mol. The van der Waals surface area contributed by atoms with Gasteiger partial charge in [-0.05, 0) is 6.92 Å². The lowest BCUT2D eigenvalue weighted by Gasteiger charge is -2.10. The number of urea groups is 1. The molecule has 0 bridgehead atoms. The van der Waals surface area contributed by atoms with Crippen molar-refractivity contribution in [1.82, 2.24) is 15.5 Å². The van der Waals surface area contributed by atoms with Gasteiger partial charge >= 0.3 is 12.0 Å². The van der Waals surface area contributed by atoms with Crippen molar-refractivity contribution in [3.05, 3.63) is 5.51 Å². The number of nitrogens with zero attached hydrogens (tertiary/aromatic N) is 2. The Balaban J connectivity index is 2.33. The summed E-state index contributed by atoms with van der Waals surface area (Å²) in [5.74, 6) is -0.960. The van der Waals surface area contributed by atoms with Gasteiger partial charge in [-0.1, -0.05) is 11.3 Å². The lowest BCUT2D eigenvalue weighted by atomic mass is 10.2. The summed E-state index contributed by atoms with van der Waals surface area (Å²) in [5.41, 5.74) is 1.48. The normalized spacial score (nSPS) is 11.8. The number of aromatic nitrogens is 2. The molecule has 0 aromatic carbocycles. The zero-order valence-corrected chi connectivity index (χ0v) is 8.74. The molecule has 0 aliphatic rings. The summed E-state index contributed by atoms with van der Waals surface area (Å²) >= 11 is 1.18. The van der Waals surface area contributed by atoms with Crippen molar-refractivity contribution < 1.29 is 14.7 Å². The molecule has 82 valence electrons. The molecule has 1 unspecified atom stereocenters. The van der Waals surface area contributed by atoms with Crippen molar-refractivity contribution in [3.8, 4) is 0 Å². The fraction of sp³-hybridized carbons (Fsp3) is 0.429. The van der Waals surface area contributed by atoms with E-state index < -0.39 is 18.0 Å². The van der Waals surface area contributed by atoms with Crippen molar-refractivity contribution in [2.75, 3.05) is 5.32 Å². The first-order valence-electron chi connectivity index (χ1n) is 4.13. The van der Waals surface area contributed by atoms with Crippen LogP contribution in [-0.2, 0) is 4.79 Å². The molecule has 0 saturated carbocycles. The largest absolute Gasteiger partial charge is 0.481 e. The average molecular weight is 230 g/mol. The van der Waals surface area contributed by atoms with Crippen LogP contribution in [0.5, 0.6) is 0 Å². The molecule has 0 fully saturated rings. The third kappa shape index (κ3) is 4.36. The minimum Gasteiger partial charge on any atom is -0.481 e. The average Bonchev–Trinajstić information content (AvgIpc) is 2.53. The zero-order chi connectivity index (χ0) is 11.3. The van der Waals surface area contributed by atoms with Crippen molar-refractivity contribution in [1.29, 1.82) is 0 Å². The van der Waals surface area contributed by atoms with Crippen LogP contribution in [0.3, 0.4) is 0 Å². The zero-order valence-electron chi connectivity index (χ0n) is 7.93. The van der Waals surface area contributed by atoms with E-state index in [0.717, 1.165) is 0 Å². The van der Waals surface area contributed by atoms with Gasteiger partial charge in [-0.15, -0.1) is 10.2 Å². The van der Waals surface area contributed by atoms with E-state index >= 15 is 0 Å². The predicted molar refractivity (Wildman–Crippen MR) is 53.8 cm³/mol. The highest BCUT2D eigenvalue weighted by atomic mass is 32.1. The summed E-state index contributed by atoms with van der Waals surface area (Å²) in [4.78, 5) is 21.5. The molecule has 0 saturated heterocycles. The molecule has 1 aromatic heterocycles. The Bertz CT molecular complexity index is 340. The van der Waals surface area contributed by atoms with Crippen molar-refractivity contribution in [3.63, 3.8) is 0 Å². The van der Waals surface area contributed by atoms with Gasteiger partial charge in [0.05, 0.1) is 6.42 Å². The molecule has 1 atom stereocenters. The van der Waals surface area contributed by atoms with E-state index in [1.54, 1.807) is 6.92 Å². The first-order valence-corrected chi connectivity index (χ1v) is 5.01. The predicted octanol–water partition coefficient (Wildman–Crippen LogP) is 0.523. The molecule has 1 heterocycles.